The Kier molecular flexibility index (Phi) is 5.62. The monoisotopic (exact) mass is 338 g/mol. The molecule has 1 aromatic carbocycles. The van der Waals surface area contributed by atoms with Crippen LogP contribution in [0.2, 0.25) is 0 Å². The van der Waals surface area contributed by atoms with Crippen molar-refractivity contribution in [2.24, 2.45) is 4.99 Å². The van der Waals surface area contributed by atoms with Gasteiger partial charge in [-0.05, 0) is 36.6 Å². The lowest BCUT2D eigenvalue weighted by molar-refractivity contribution is -0.384. The smallest absolute Gasteiger partial charge is 0.270 e. The second-order valence-electron chi connectivity index (χ2n) is 4.33. The second kappa shape index (κ2) is 7.46. The molecule has 0 aliphatic carbocycles. The minimum absolute atomic E-state index is 0.0529. The van der Waals surface area contributed by atoms with Crippen LogP contribution in [0, 0.1) is 10.1 Å². The third kappa shape index (κ3) is 3.89. The maximum atomic E-state index is 11.9. The number of aliphatic imine (C=N–C) groups is 1. The molecule has 0 N–H and O–H groups in total. The first kappa shape index (κ1) is 16.6. The van der Waals surface area contributed by atoms with E-state index in [0.29, 0.717) is 22.3 Å². The van der Waals surface area contributed by atoms with Crippen molar-refractivity contribution >= 4 is 44.8 Å². The molecule has 0 atom stereocenters. The molecule has 1 aromatic rings. The molecule has 0 radical (unpaired) electrons. The van der Waals surface area contributed by atoms with E-state index in [0.717, 1.165) is 18.2 Å². The summed E-state index contributed by atoms with van der Waals surface area (Å²) in [5.41, 5.74) is 0.705. The molecule has 22 heavy (non-hydrogen) atoms. The minimum atomic E-state index is -0.479. The number of nitrogens with zero attached hydrogens (tertiary/aromatic N) is 2. The number of hydrogen-bond donors (Lipinski definition) is 0. The normalized spacial score (nSPS) is 16.0. The van der Waals surface area contributed by atoms with Crippen molar-refractivity contribution in [1.29, 1.82) is 0 Å². The van der Waals surface area contributed by atoms with Crippen LogP contribution in [-0.4, -0.2) is 27.3 Å². The zero-order chi connectivity index (χ0) is 16.1. The highest BCUT2D eigenvalue weighted by molar-refractivity contribution is 8.45. The molecule has 0 unspecified atom stereocenters. The van der Waals surface area contributed by atoms with Crippen molar-refractivity contribution in [2.75, 3.05) is 12.9 Å². The van der Waals surface area contributed by atoms with E-state index in [1.165, 1.54) is 30.0 Å². The first-order valence-electron chi connectivity index (χ1n) is 6.53. The molecule has 0 bridgehead atoms. The van der Waals surface area contributed by atoms with Crippen LogP contribution in [0.4, 0.5) is 5.69 Å². The summed E-state index contributed by atoms with van der Waals surface area (Å²) in [6.07, 6.45) is 4.19. The van der Waals surface area contributed by atoms with Gasteiger partial charge in [-0.1, -0.05) is 6.92 Å². The quantitative estimate of drug-likeness (QED) is 0.462. The molecule has 0 fully saturated rings. The molecule has 116 valence electrons. The largest absolute Gasteiger partial charge is 0.493 e. The van der Waals surface area contributed by atoms with Gasteiger partial charge in [0.2, 0.25) is 5.12 Å². The highest BCUT2D eigenvalue weighted by atomic mass is 32.2. The van der Waals surface area contributed by atoms with Gasteiger partial charge in [0.25, 0.3) is 5.69 Å². The molecular weight excluding hydrogens is 324 g/mol. The first-order chi connectivity index (χ1) is 10.5. The Hall–Kier alpha value is -1.80. The maximum Gasteiger partial charge on any atom is 0.270 e. The molecule has 1 heterocycles. The predicted octanol–water partition coefficient (Wildman–Crippen LogP) is 3.72. The predicted molar refractivity (Wildman–Crippen MR) is 90.4 cm³/mol. The van der Waals surface area contributed by atoms with Gasteiger partial charge in [0.15, 0.2) is 0 Å². The molecule has 1 aliphatic heterocycles. The SMILES string of the molecule is CCCOc1ccc([N+](=O)[O-])cc1/C=C1\N=C(SC)SC1=O. The van der Waals surface area contributed by atoms with Crippen molar-refractivity contribution in [1.82, 2.24) is 0 Å². The number of benzene rings is 1. The lowest BCUT2D eigenvalue weighted by Crippen LogP contribution is -1.99. The number of rotatable bonds is 5. The highest BCUT2D eigenvalue weighted by Gasteiger charge is 2.22. The number of ether oxygens (including phenoxy) is 1. The van der Waals surface area contributed by atoms with Crippen LogP contribution in [0.3, 0.4) is 0 Å². The van der Waals surface area contributed by atoms with E-state index < -0.39 is 4.92 Å². The summed E-state index contributed by atoms with van der Waals surface area (Å²) >= 11 is 2.45. The van der Waals surface area contributed by atoms with E-state index >= 15 is 0 Å². The lowest BCUT2D eigenvalue weighted by Gasteiger charge is -2.08. The Morgan fingerprint density at radius 3 is 2.86 bits per heavy atom. The summed E-state index contributed by atoms with van der Waals surface area (Å²) in [6.45, 7) is 2.46. The number of nitro benzene ring substituents is 1. The molecule has 0 spiro atoms. The summed E-state index contributed by atoms with van der Waals surface area (Å²) in [5, 5.41) is 10.8. The Labute approximate surface area is 136 Å². The van der Waals surface area contributed by atoms with Crippen molar-refractivity contribution in [3.05, 3.63) is 39.6 Å². The van der Waals surface area contributed by atoms with Crippen LogP contribution in [-0.2, 0) is 4.79 Å². The molecule has 6 nitrogen and oxygen atoms in total. The second-order valence-corrected chi connectivity index (χ2v) is 6.34. The molecule has 0 saturated heterocycles. The fraction of sp³-hybridized carbons (Fsp3) is 0.286. The first-order valence-corrected chi connectivity index (χ1v) is 8.57. The maximum absolute atomic E-state index is 11.9. The standard InChI is InChI=1S/C14H14N2O4S2/c1-3-6-20-12-5-4-10(16(18)19)7-9(12)8-11-13(17)22-14(15-11)21-2/h4-5,7-8H,3,6H2,1-2H3/b11-8-. The van der Waals surface area contributed by atoms with Crippen LogP contribution >= 0.6 is 23.5 Å². The third-order valence-corrected chi connectivity index (χ3v) is 4.58. The zero-order valence-corrected chi connectivity index (χ0v) is 13.7. The van der Waals surface area contributed by atoms with Crippen LogP contribution in [0.15, 0.2) is 28.9 Å². The summed E-state index contributed by atoms with van der Waals surface area (Å²) in [5.74, 6) is 0.505. The number of thioether (sulfide) groups is 2. The Morgan fingerprint density at radius 1 is 1.50 bits per heavy atom. The van der Waals surface area contributed by atoms with Crippen molar-refractivity contribution in [2.45, 2.75) is 13.3 Å². The van der Waals surface area contributed by atoms with Crippen molar-refractivity contribution in [3.8, 4) is 5.75 Å². The van der Waals surface area contributed by atoms with E-state index in [-0.39, 0.29) is 16.5 Å². The number of nitro groups is 1. The zero-order valence-electron chi connectivity index (χ0n) is 12.1. The van der Waals surface area contributed by atoms with Gasteiger partial charge in [0, 0.05) is 17.7 Å². The van der Waals surface area contributed by atoms with Crippen molar-refractivity contribution < 1.29 is 14.5 Å². The van der Waals surface area contributed by atoms with E-state index in [1.54, 1.807) is 6.07 Å². The Morgan fingerprint density at radius 2 is 2.27 bits per heavy atom. The van der Waals surface area contributed by atoms with Gasteiger partial charge in [-0.3, -0.25) is 14.9 Å². The average Bonchev–Trinajstić information content (AvgIpc) is 2.86. The molecule has 0 aromatic heterocycles. The van der Waals surface area contributed by atoms with Gasteiger partial charge >= 0.3 is 0 Å². The van der Waals surface area contributed by atoms with Crippen LogP contribution in [0.5, 0.6) is 5.75 Å². The number of carbonyl (C=O) groups is 1. The highest BCUT2D eigenvalue weighted by Crippen LogP contribution is 2.32. The minimum Gasteiger partial charge on any atom is -0.493 e. The summed E-state index contributed by atoms with van der Waals surface area (Å²) in [4.78, 5) is 26.5. The topological polar surface area (TPSA) is 81.8 Å². The van der Waals surface area contributed by atoms with Crippen LogP contribution < -0.4 is 4.74 Å². The van der Waals surface area contributed by atoms with Crippen molar-refractivity contribution in [3.63, 3.8) is 0 Å². The average molecular weight is 338 g/mol. The Bertz CT molecular complexity index is 671. The van der Waals surface area contributed by atoms with Crippen LogP contribution in [0.25, 0.3) is 6.08 Å². The van der Waals surface area contributed by atoms with E-state index in [4.69, 9.17) is 4.74 Å². The number of carbonyl (C=O) groups excluding carboxylic acids is 1. The fourth-order valence-electron chi connectivity index (χ4n) is 1.73. The summed E-state index contributed by atoms with van der Waals surface area (Å²) < 4.78 is 6.25. The van der Waals surface area contributed by atoms with Gasteiger partial charge in [-0.25, -0.2) is 4.99 Å². The van der Waals surface area contributed by atoms with Gasteiger partial charge in [0.05, 0.1) is 11.5 Å². The Balaban J connectivity index is 2.42. The van der Waals surface area contributed by atoms with E-state index in [1.807, 2.05) is 13.2 Å². The molecular formula is C14H14N2O4S2. The summed E-state index contributed by atoms with van der Waals surface area (Å²) in [7, 11) is 0. The van der Waals surface area contributed by atoms with Crippen LogP contribution in [0.1, 0.15) is 18.9 Å². The van der Waals surface area contributed by atoms with Gasteiger partial charge < -0.3 is 4.74 Å². The number of hydrogen-bond acceptors (Lipinski definition) is 7. The fourth-order valence-corrected chi connectivity index (χ4v) is 2.99. The number of non-ortho nitro benzene ring substituents is 1. The molecule has 0 amide bonds. The van der Waals surface area contributed by atoms with Gasteiger partial charge in [-0.2, -0.15) is 0 Å². The van der Waals surface area contributed by atoms with Gasteiger partial charge in [0.1, 0.15) is 15.8 Å². The lowest BCUT2D eigenvalue weighted by atomic mass is 10.1. The third-order valence-electron chi connectivity index (χ3n) is 2.73. The molecule has 8 heteroatoms. The van der Waals surface area contributed by atoms with E-state index in [2.05, 4.69) is 4.99 Å². The molecule has 0 saturated carbocycles. The van der Waals surface area contributed by atoms with E-state index in [9.17, 15) is 14.9 Å². The summed E-state index contributed by atoms with van der Waals surface area (Å²) in [6, 6.07) is 4.32. The van der Waals surface area contributed by atoms with Gasteiger partial charge in [-0.15, -0.1) is 11.8 Å². The molecule has 1 aliphatic rings. The molecule has 2 rings (SSSR count).